The maximum Gasteiger partial charge on any atom is 0.331 e. The van der Waals surface area contributed by atoms with E-state index in [9.17, 15) is 14.0 Å². The number of rotatable bonds is 9. The van der Waals surface area contributed by atoms with Crippen LogP contribution in [0.4, 0.5) is 4.39 Å². The third-order valence-corrected chi connectivity index (χ3v) is 7.25. The van der Waals surface area contributed by atoms with Crippen LogP contribution in [0.25, 0.3) is 23.0 Å². The van der Waals surface area contributed by atoms with Crippen LogP contribution in [-0.4, -0.2) is 32.7 Å². The van der Waals surface area contributed by atoms with Crippen molar-refractivity contribution in [1.29, 1.82) is 0 Å². The number of nitrogens with zero attached hydrogens (tertiary/aromatic N) is 3. The molecule has 0 atom stereocenters. The minimum atomic E-state index is -0.645. The monoisotopic (exact) mass is 539 g/mol. The van der Waals surface area contributed by atoms with Crippen molar-refractivity contribution in [2.24, 2.45) is 0 Å². The van der Waals surface area contributed by atoms with E-state index in [0.29, 0.717) is 28.9 Å². The molecular formula is C31H26FN3O3S. The standard InChI is InChI=1S/C31H26FN3O3S/c1-21-17-28(22(2)34(21)19-27-9-6-16-39-27)29(36)20-38-30(37)15-12-24-18-35(26-7-4-3-5-8-26)33-31(24)23-10-13-25(32)14-11-23/h3-18H,19-20H2,1-2H3. The molecule has 5 aromatic rings. The lowest BCUT2D eigenvalue weighted by Crippen LogP contribution is -2.13. The number of hydrogen-bond acceptors (Lipinski definition) is 5. The van der Waals surface area contributed by atoms with Gasteiger partial charge in [0.1, 0.15) is 5.82 Å². The zero-order valence-corrected chi connectivity index (χ0v) is 22.3. The van der Waals surface area contributed by atoms with Gasteiger partial charge in [0.2, 0.25) is 5.78 Å². The lowest BCUT2D eigenvalue weighted by atomic mass is 10.1. The molecule has 0 fully saturated rings. The van der Waals surface area contributed by atoms with Gasteiger partial charge in [-0.1, -0.05) is 24.3 Å². The summed E-state index contributed by atoms with van der Waals surface area (Å²) in [5, 5.41) is 6.68. The van der Waals surface area contributed by atoms with Gasteiger partial charge in [0.25, 0.3) is 0 Å². The van der Waals surface area contributed by atoms with Gasteiger partial charge in [-0.2, -0.15) is 5.10 Å². The number of carbonyl (C=O) groups excluding carboxylic acids is 2. The average Bonchev–Trinajstić information content (AvgIpc) is 3.68. The van der Waals surface area contributed by atoms with Gasteiger partial charge in [0.05, 0.1) is 17.9 Å². The number of hydrogen-bond donors (Lipinski definition) is 0. The molecule has 0 aliphatic carbocycles. The van der Waals surface area contributed by atoms with Crippen LogP contribution >= 0.6 is 11.3 Å². The molecule has 0 radical (unpaired) electrons. The number of aryl methyl sites for hydroxylation is 1. The Labute approximate surface area is 229 Å². The smallest absolute Gasteiger partial charge is 0.331 e. The van der Waals surface area contributed by atoms with Gasteiger partial charge in [-0.3, -0.25) is 4.79 Å². The molecule has 0 saturated carbocycles. The Kier molecular flexibility index (Phi) is 7.65. The predicted octanol–water partition coefficient (Wildman–Crippen LogP) is 6.65. The number of para-hydroxylation sites is 1. The van der Waals surface area contributed by atoms with E-state index in [1.807, 2.05) is 61.7 Å². The molecule has 0 saturated heterocycles. The van der Waals surface area contributed by atoms with Crippen LogP contribution in [0.15, 0.2) is 90.4 Å². The van der Waals surface area contributed by atoms with Crippen LogP contribution in [0.5, 0.6) is 0 Å². The predicted molar refractivity (Wildman–Crippen MR) is 151 cm³/mol. The molecule has 6 nitrogen and oxygen atoms in total. The van der Waals surface area contributed by atoms with Gasteiger partial charge < -0.3 is 9.30 Å². The highest BCUT2D eigenvalue weighted by Crippen LogP contribution is 2.25. The fourth-order valence-electron chi connectivity index (χ4n) is 4.36. The number of aromatic nitrogens is 3. The highest BCUT2D eigenvalue weighted by molar-refractivity contribution is 7.09. The molecule has 0 N–H and O–H groups in total. The fraction of sp³-hybridized carbons (Fsp3) is 0.129. The van der Waals surface area contributed by atoms with Crippen LogP contribution in [0.3, 0.4) is 0 Å². The van der Waals surface area contributed by atoms with Crippen molar-refractivity contribution in [1.82, 2.24) is 14.3 Å². The SMILES string of the molecule is Cc1cc(C(=O)COC(=O)C=Cc2cn(-c3ccccc3)nc2-c2ccc(F)cc2)c(C)n1Cc1cccs1. The molecule has 0 amide bonds. The number of carbonyl (C=O) groups is 2. The molecule has 2 aromatic carbocycles. The fourth-order valence-corrected chi connectivity index (χ4v) is 5.05. The Hall–Kier alpha value is -4.56. The number of ketones is 1. The van der Waals surface area contributed by atoms with E-state index in [4.69, 9.17) is 4.74 Å². The van der Waals surface area contributed by atoms with Crippen molar-refractivity contribution in [3.05, 3.63) is 124 Å². The van der Waals surface area contributed by atoms with E-state index < -0.39 is 5.97 Å². The molecule has 39 heavy (non-hydrogen) atoms. The molecule has 5 rings (SSSR count). The first kappa shape index (κ1) is 26.1. The first-order valence-electron chi connectivity index (χ1n) is 12.4. The van der Waals surface area contributed by atoms with Crippen molar-refractivity contribution in [2.45, 2.75) is 20.4 Å². The van der Waals surface area contributed by atoms with Crippen molar-refractivity contribution < 1.29 is 18.7 Å². The first-order valence-corrected chi connectivity index (χ1v) is 13.2. The van der Waals surface area contributed by atoms with E-state index >= 15 is 0 Å². The van der Waals surface area contributed by atoms with Gasteiger partial charge in [-0.25, -0.2) is 13.9 Å². The molecular weight excluding hydrogens is 513 g/mol. The summed E-state index contributed by atoms with van der Waals surface area (Å²) in [6.07, 6.45) is 4.64. The van der Waals surface area contributed by atoms with E-state index in [0.717, 1.165) is 17.1 Å². The first-order chi connectivity index (χ1) is 18.9. The molecule has 0 aliphatic heterocycles. The molecule has 3 heterocycles. The number of ether oxygens (including phenoxy) is 1. The molecule has 196 valence electrons. The second-order valence-corrected chi connectivity index (χ2v) is 10.1. The third kappa shape index (κ3) is 5.97. The van der Waals surface area contributed by atoms with Crippen molar-refractivity contribution in [3.8, 4) is 16.9 Å². The number of halogens is 1. The van der Waals surface area contributed by atoms with E-state index in [2.05, 4.69) is 15.7 Å². The molecule has 0 spiro atoms. The Morgan fingerprint density at radius 1 is 1.03 bits per heavy atom. The second-order valence-electron chi connectivity index (χ2n) is 9.03. The summed E-state index contributed by atoms with van der Waals surface area (Å²) in [7, 11) is 0. The highest BCUT2D eigenvalue weighted by Gasteiger charge is 2.18. The second kappa shape index (κ2) is 11.4. The number of benzene rings is 2. The van der Waals surface area contributed by atoms with Crippen LogP contribution in [0.1, 0.15) is 32.2 Å². The Morgan fingerprint density at radius 2 is 1.79 bits per heavy atom. The van der Waals surface area contributed by atoms with Gasteiger partial charge in [0, 0.05) is 45.2 Å². The van der Waals surface area contributed by atoms with Crippen molar-refractivity contribution in [3.63, 3.8) is 0 Å². The van der Waals surface area contributed by atoms with Crippen LogP contribution in [0.2, 0.25) is 0 Å². The third-order valence-electron chi connectivity index (χ3n) is 6.39. The lowest BCUT2D eigenvalue weighted by molar-refractivity contribution is -0.136. The van der Waals surface area contributed by atoms with Crippen molar-refractivity contribution in [2.75, 3.05) is 6.61 Å². The van der Waals surface area contributed by atoms with Crippen LogP contribution < -0.4 is 0 Å². The van der Waals surface area contributed by atoms with Crippen LogP contribution in [0, 0.1) is 19.7 Å². The molecule has 8 heteroatoms. The lowest BCUT2D eigenvalue weighted by Gasteiger charge is -2.08. The maximum atomic E-state index is 13.5. The minimum absolute atomic E-state index is 0.258. The largest absolute Gasteiger partial charge is 0.454 e. The van der Waals surface area contributed by atoms with Crippen LogP contribution in [-0.2, 0) is 16.1 Å². The summed E-state index contributed by atoms with van der Waals surface area (Å²) in [5.74, 6) is -1.25. The van der Waals surface area contributed by atoms with Gasteiger partial charge >= 0.3 is 5.97 Å². The normalized spacial score (nSPS) is 11.3. The summed E-state index contributed by atoms with van der Waals surface area (Å²) in [6.45, 7) is 4.19. The molecule has 0 bridgehead atoms. The molecule has 0 unspecified atom stereocenters. The average molecular weight is 540 g/mol. The minimum Gasteiger partial charge on any atom is -0.454 e. The summed E-state index contributed by atoms with van der Waals surface area (Å²) < 4.78 is 22.6. The van der Waals surface area contributed by atoms with E-state index in [1.54, 1.807) is 40.4 Å². The van der Waals surface area contributed by atoms with Gasteiger partial charge in [-0.05, 0) is 73.8 Å². The Bertz CT molecular complexity index is 1630. The number of thiophene rings is 1. The molecule has 0 aliphatic rings. The summed E-state index contributed by atoms with van der Waals surface area (Å²) >= 11 is 1.67. The summed E-state index contributed by atoms with van der Waals surface area (Å²) in [5.41, 5.74) is 5.12. The van der Waals surface area contributed by atoms with Gasteiger partial charge in [0.15, 0.2) is 6.61 Å². The van der Waals surface area contributed by atoms with Crippen molar-refractivity contribution >= 4 is 29.2 Å². The summed E-state index contributed by atoms with van der Waals surface area (Å²) in [6, 6.07) is 21.4. The van der Waals surface area contributed by atoms with Gasteiger partial charge in [-0.15, -0.1) is 11.3 Å². The van der Waals surface area contributed by atoms with E-state index in [1.165, 1.54) is 23.1 Å². The Balaban J connectivity index is 1.30. The zero-order valence-electron chi connectivity index (χ0n) is 21.5. The highest BCUT2D eigenvalue weighted by atomic mass is 32.1. The quantitative estimate of drug-likeness (QED) is 0.120. The summed E-state index contributed by atoms with van der Waals surface area (Å²) in [4.78, 5) is 26.6. The topological polar surface area (TPSA) is 66.1 Å². The number of esters is 1. The zero-order chi connectivity index (χ0) is 27.4. The molecule has 3 aromatic heterocycles. The maximum absolute atomic E-state index is 13.5. The van der Waals surface area contributed by atoms with E-state index in [-0.39, 0.29) is 18.2 Å². The number of Topliss-reactive ketones (excluding diaryl/α,β-unsaturated/α-hetero) is 1. The Morgan fingerprint density at radius 3 is 2.51 bits per heavy atom.